The zero-order valence-electron chi connectivity index (χ0n) is 10.3. The monoisotopic (exact) mass is 293 g/mol. The summed E-state index contributed by atoms with van der Waals surface area (Å²) in [6, 6.07) is 4.02. The third-order valence-corrected chi connectivity index (χ3v) is 2.49. The third-order valence-electron chi connectivity index (χ3n) is 2.49. The van der Waals surface area contributed by atoms with Crippen LogP contribution in [0.3, 0.4) is 0 Å². The van der Waals surface area contributed by atoms with Crippen LogP contribution in [0.4, 0.5) is 10.1 Å². The zero-order valence-corrected chi connectivity index (χ0v) is 10.3. The second-order valence-electron chi connectivity index (χ2n) is 3.92. The summed E-state index contributed by atoms with van der Waals surface area (Å²) in [6.07, 6.45) is 0. The molecule has 21 heavy (non-hydrogen) atoms. The minimum Gasteiger partial charge on any atom is -0.478 e. The highest BCUT2D eigenvalue weighted by Crippen LogP contribution is 2.20. The summed E-state index contributed by atoms with van der Waals surface area (Å²) < 4.78 is 13.6. The largest absolute Gasteiger partial charge is 0.478 e. The molecule has 0 radical (unpaired) electrons. The molecule has 8 nitrogen and oxygen atoms in total. The summed E-state index contributed by atoms with van der Waals surface area (Å²) >= 11 is 0. The number of hydrogen-bond donors (Lipinski definition) is 4. The Kier molecular flexibility index (Phi) is 3.65. The van der Waals surface area contributed by atoms with Crippen LogP contribution in [-0.4, -0.2) is 27.0 Å². The second kappa shape index (κ2) is 5.41. The molecule has 9 heteroatoms. The Morgan fingerprint density at radius 2 is 1.90 bits per heavy atom. The van der Waals surface area contributed by atoms with Crippen LogP contribution in [0.5, 0.6) is 0 Å². The molecule has 0 aliphatic carbocycles. The Morgan fingerprint density at radius 1 is 1.19 bits per heavy atom. The van der Waals surface area contributed by atoms with Gasteiger partial charge in [0.2, 0.25) is 0 Å². The molecule has 4 N–H and O–H groups in total. The van der Waals surface area contributed by atoms with E-state index in [0.29, 0.717) is 0 Å². The number of carboxylic acid groups (broad SMARTS) is 1. The number of carbonyl (C=O) groups excluding carboxylic acids is 1. The van der Waals surface area contributed by atoms with Gasteiger partial charge in [0.1, 0.15) is 11.5 Å². The Morgan fingerprint density at radius 3 is 2.52 bits per heavy atom. The number of aromatic carboxylic acids is 1. The van der Waals surface area contributed by atoms with Crippen molar-refractivity contribution in [3.8, 4) is 0 Å². The van der Waals surface area contributed by atoms with Gasteiger partial charge in [-0.15, -0.1) is 0 Å². The number of anilines is 1. The molecule has 0 bridgehead atoms. The number of para-hydroxylation sites is 1. The molecule has 0 saturated heterocycles. The Bertz CT molecular complexity index is 811. The highest BCUT2D eigenvalue weighted by molar-refractivity contribution is 6.06. The van der Waals surface area contributed by atoms with Crippen molar-refractivity contribution in [1.82, 2.24) is 9.97 Å². The van der Waals surface area contributed by atoms with Crippen LogP contribution in [0.2, 0.25) is 0 Å². The molecule has 0 aliphatic heterocycles. The number of H-pyrrole nitrogens is 2. The fraction of sp³-hybridized carbons (Fsp3) is 0. The van der Waals surface area contributed by atoms with E-state index >= 15 is 0 Å². The van der Waals surface area contributed by atoms with Gasteiger partial charge in [-0.25, -0.2) is 14.0 Å². The van der Waals surface area contributed by atoms with Crippen molar-refractivity contribution in [2.24, 2.45) is 0 Å². The first-order chi connectivity index (χ1) is 9.88. The summed E-state index contributed by atoms with van der Waals surface area (Å²) in [5.74, 6) is -3.43. The normalized spacial score (nSPS) is 10.1. The van der Waals surface area contributed by atoms with Crippen molar-refractivity contribution in [3.63, 3.8) is 0 Å². The number of amides is 1. The maximum absolute atomic E-state index is 13.6. The van der Waals surface area contributed by atoms with Gasteiger partial charge < -0.3 is 15.4 Å². The molecular formula is C12H8FN3O5. The van der Waals surface area contributed by atoms with Crippen LogP contribution >= 0.6 is 0 Å². The quantitative estimate of drug-likeness (QED) is 0.639. The van der Waals surface area contributed by atoms with Crippen molar-refractivity contribution in [1.29, 1.82) is 0 Å². The Balaban J connectivity index is 2.43. The predicted octanol–water partition coefficient (Wildman–Crippen LogP) is 0.153. The summed E-state index contributed by atoms with van der Waals surface area (Å²) in [6.45, 7) is 0. The number of rotatable bonds is 3. The Hall–Kier alpha value is -3.23. The Labute approximate surface area is 115 Å². The maximum atomic E-state index is 13.6. The zero-order chi connectivity index (χ0) is 15.6. The molecule has 0 fully saturated rings. The topological polar surface area (TPSA) is 132 Å². The molecule has 0 aliphatic rings. The average molecular weight is 293 g/mol. The van der Waals surface area contributed by atoms with E-state index in [1.807, 2.05) is 15.3 Å². The van der Waals surface area contributed by atoms with Gasteiger partial charge in [-0.05, 0) is 12.1 Å². The molecular weight excluding hydrogens is 285 g/mol. The van der Waals surface area contributed by atoms with Crippen LogP contribution in [0.1, 0.15) is 20.8 Å². The van der Waals surface area contributed by atoms with Gasteiger partial charge in [-0.3, -0.25) is 14.6 Å². The lowest BCUT2D eigenvalue weighted by Crippen LogP contribution is -2.27. The fourth-order valence-electron chi connectivity index (χ4n) is 1.60. The van der Waals surface area contributed by atoms with Gasteiger partial charge >= 0.3 is 11.7 Å². The lowest BCUT2D eigenvalue weighted by atomic mass is 10.1. The predicted molar refractivity (Wildman–Crippen MR) is 69.0 cm³/mol. The molecule has 1 amide bonds. The summed E-state index contributed by atoms with van der Waals surface area (Å²) in [4.78, 5) is 48.9. The van der Waals surface area contributed by atoms with Gasteiger partial charge in [-0.1, -0.05) is 6.07 Å². The smallest absolute Gasteiger partial charge is 0.337 e. The molecule has 1 heterocycles. The molecule has 0 spiro atoms. The maximum Gasteiger partial charge on any atom is 0.337 e. The minimum absolute atomic E-state index is 0.427. The summed E-state index contributed by atoms with van der Waals surface area (Å²) in [5, 5.41) is 10.9. The number of benzene rings is 1. The first-order valence-electron chi connectivity index (χ1n) is 5.55. The van der Waals surface area contributed by atoms with Gasteiger partial charge in [-0.2, -0.15) is 0 Å². The van der Waals surface area contributed by atoms with E-state index < -0.39 is 45.9 Å². The molecule has 0 atom stereocenters. The number of carbonyl (C=O) groups is 2. The van der Waals surface area contributed by atoms with Gasteiger partial charge in [0.25, 0.3) is 11.5 Å². The van der Waals surface area contributed by atoms with Crippen molar-refractivity contribution < 1.29 is 19.1 Å². The summed E-state index contributed by atoms with van der Waals surface area (Å²) in [7, 11) is 0. The second-order valence-corrected chi connectivity index (χ2v) is 3.92. The van der Waals surface area contributed by atoms with Crippen molar-refractivity contribution in [2.45, 2.75) is 0 Å². The average Bonchev–Trinajstić information content (AvgIpc) is 2.39. The van der Waals surface area contributed by atoms with Gasteiger partial charge in [0.15, 0.2) is 0 Å². The highest BCUT2D eigenvalue weighted by atomic mass is 19.1. The number of nitrogens with one attached hydrogen (secondary N) is 3. The van der Waals surface area contributed by atoms with E-state index in [9.17, 15) is 23.6 Å². The standard InChI is InChI=1S/C12H8FN3O5/c13-6-3-1-2-5(11(19)20)9(6)16-10(18)7-4-8(17)15-12(21)14-7/h1-4H,(H,16,18)(H,19,20)(H2,14,15,17,21). The number of carboxylic acids is 1. The molecule has 1 aromatic carbocycles. The SMILES string of the molecule is O=C(Nc1c(F)cccc1C(=O)O)c1cc(=O)[nH]c(=O)[nH]1. The molecule has 1 aromatic heterocycles. The fourth-order valence-corrected chi connectivity index (χ4v) is 1.60. The number of halogens is 1. The third kappa shape index (κ3) is 3.03. The van der Waals surface area contributed by atoms with Crippen LogP contribution in [-0.2, 0) is 0 Å². The van der Waals surface area contributed by atoms with E-state index in [0.717, 1.165) is 18.2 Å². The van der Waals surface area contributed by atoms with E-state index in [4.69, 9.17) is 5.11 Å². The number of aromatic nitrogens is 2. The molecule has 0 unspecified atom stereocenters. The number of aromatic amines is 2. The van der Waals surface area contributed by atoms with E-state index in [2.05, 4.69) is 0 Å². The van der Waals surface area contributed by atoms with Gasteiger partial charge in [0.05, 0.1) is 11.3 Å². The van der Waals surface area contributed by atoms with E-state index in [1.165, 1.54) is 6.07 Å². The van der Waals surface area contributed by atoms with Crippen molar-refractivity contribution in [3.05, 3.63) is 62.2 Å². The summed E-state index contributed by atoms with van der Waals surface area (Å²) in [5.41, 5.74) is -3.19. The minimum atomic E-state index is -1.44. The van der Waals surface area contributed by atoms with Crippen molar-refractivity contribution in [2.75, 3.05) is 5.32 Å². The lowest BCUT2D eigenvalue weighted by molar-refractivity contribution is 0.0697. The molecule has 0 saturated carbocycles. The molecule has 2 aromatic rings. The highest BCUT2D eigenvalue weighted by Gasteiger charge is 2.18. The molecule has 108 valence electrons. The van der Waals surface area contributed by atoms with Crippen LogP contribution in [0.25, 0.3) is 0 Å². The number of hydrogen-bond acceptors (Lipinski definition) is 4. The lowest BCUT2D eigenvalue weighted by Gasteiger charge is -2.09. The van der Waals surface area contributed by atoms with Crippen LogP contribution in [0.15, 0.2) is 33.9 Å². The van der Waals surface area contributed by atoms with Gasteiger partial charge in [0, 0.05) is 6.07 Å². The molecule has 2 rings (SSSR count). The first kappa shape index (κ1) is 14.2. The van der Waals surface area contributed by atoms with Crippen molar-refractivity contribution >= 4 is 17.6 Å². The van der Waals surface area contributed by atoms with Crippen LogP contribution < -0.4 is 16.6 Å². The van der Waals surface area contributed by atoms with E-state index in [-0.39, 0.29) is 0 Å². The van der Waals surface area contributed by atoms with Crippen LogP contribution in [0, 0.1) is 5.82 Å². The first-order valence-corrected chi connectivity index (χ1v) is 5.55. The van der Waals surface area contributed by atoms with E-state index in [1.54, 1.807) is 0 Å².